The van der Waals surface area contributed by atoms with Crippen LogP contribution in [0.4, 0.5) is 11.4 Å². The number of phenols is 1. The molecule has 4 N–H and O–H groups in total. The molecule has 0 saturated carbocycles. The Kier molecular flexibility index (Phi) is 4.95. The van der Waals surface area contributed by atoms with Gasteiger partial charge in [-0.1, -0.05) is 6.07 Å². The second-order valence-corrected chi connectivity index (χ2v) is 4.67. The summed E-state index contributed by atoms with van der Waals surface area (Å²) in [6.07, 6.45) is 1.19. The maximum atomic E-state index is 11.9. The number of amides is 1. The van der Waals surface area contributed by atoms with Crippen molar-refractivity contribution in [3.8, 4) is 11.5 Å². The van der Waals surface area contributed by atoms with Gasteiger partial charge in [-0.25, -0.2) is 5.43 Å². The van der Waals surface area contributed by atoms with Crippen molar-refractivity contribution in [2.75, 3.05) is 12.8 Å². The van der Waals surface area contributed by atoms with E-state index < -0.39 is 22.3 Å². The van der Waals surface area contributed by atoms with Crippen molar-refractivity contribution in [1.82, 2.24) is 5.43 Å². The molecule has 2 rings (SSSR count). The first-order chi connectivity index (χ1) is 11.4. The summed E-state index contributed by atoms with van der Waals surface area (Å²) in [6.45, 7) is 0. The standard InChI is InChI=1S/C15H14N4O5/c1-24-13-6-9(5-12(14(13)20)19(22)23)8-17-18-15(21)10-3-2-4-11(16)7-10/h2-8,20H,16H2,1H3,(H,18,21)/b17-8-. The number of ether oxygens (including phenoxy) is 1. The van der Waals surface area contributed by atoms with Crippen LogP contribution in [0.1, 0.15) is 15.9 Å². The second kappa shape index (κ2) is 7.09. The highest BCUT2D eigenvalue weighted by Crippen LogP contribution is 2.36. The molecule has 0 atom stereocenters. The topological polar surface area (TPSA) is 140 Å². The number of anilines is 1. The van der Waals surface area contributed by atoms with Crippen LogP contribution in [-0.4, -0.2) is 29.3 Å². The van der Waals surface area contributed by atoms with Crippen LogP contribution in [0.25, 0.3) is 0 Å². The van der Waals surface area contributed by atoms with Crippen LogP contribution in [0.2, 0.25) is 0 Å². The summed E-state index contributed by atoms with van der Waals surface area (Å²) in [7, 11) is 1.27. The number of nitro benzene ring substituents is 1. The van der Waals surface area contributed by atoms with Crippen LogP contribution in [0.5, 0.6) is 11.5 Å². The highest BCUT2D eigenvalue weighted by molar-refractivity contribution is 5.95. The van der Waals surface area contributed by atoms with Gasteiger partial charge in [0.15, 0.2) is 5.75 Å². The molecule has 124 valence electrons. The fourth-order valence-electron chi connectivity index (χ4n) is 1.89. The zero-order valence-corrected chi connectivity index (χ0v) is 12.6. The van der Waals surface area contributed by atoms with Crippen molar-refractivity contribution < 1.29 is 19.6 Å². The second-order valence-electron chi connectivity index (χ2n) is 4.67. The number of nitro groups is 1. The van der Waals surface area contributed by atoms with E-state index in [2.05, 4.69) is 10.5 Å². The Morgan fingerprint density at radius 1 is 1.42 bits per heavy atom. The number of carbonyl (C=O) groups excluding carboxylic acids is 1. The number of hydrogen-bond acceptors (Lipinski definition) is 7. The Bertz CT molecular complexity index is 820. The molecule has 2 aromatic rings. The molecule has 9 nitrogen and oxygen atoms in total. The van der Waals surface area contributed by atoms with Crippen molar-refractivity contribution in [2.45, 2.75) is 0 Å². The molecule has 0 radical (unpaired) electrons. The van der Waals surface area contributed by atoms with Gasteiger partial charge in [-0.15, -0.1) is 0 Å². The highest BCUT2D eigenvalue weighted by Gasteiger charge is 2.19. The summed E-state index contributed by atoms with van der Waals surface area (Å²) >= 11 is 0. The first-order valence-electron chi connectivity index (χ1n) is 6.66. The maximum absolute atomic E-state index is 11.9. The average Bonchev–Trinajstić information content (AvgIpc) is 2.55. The van der Waals surface area contributed by atoms with Crippen molar-refractivity contribution >= 4 is 23.5 Å². The molecule has 0 aliphatic heterocycles. The summed E-state index contributed by atoms with van der Waals surface area (Å²) < 4.78 is 4.87. The molecule has 0 bridgehead atoms. The molecular weight excluding hydrogens is 316 g/mol. The van der Waals surface area contributed by atoms with Gasteiger partial charge in [-0.3, -0.25) is 14.9 Å². The minimum absolute atomic E-state index is 0.0761. The smallest absolute Gasteiger partial charge is 0.315 e. The van der Waals surface area contributed by atoms with E-state index in [1.54, 1.807) is 18.2 Å². The molecule has 0 spiro atoms. The van der Waals surface area contributed by atoms with Crippen molar-refractivity contribution in [2.24, 2.45) is 5.10 Å². The first-order valence-corrected chi connectivity index (χ1v) is 6.66. The average molecular weight is 330 g/mol. The highest BCUT2D eigenvalue weighted by atomic mass is 16.6. The molecule has 0 aliphatic carbocycles. The summed E-state index contributed by atoms with van der Waals surface area (Å²) in [4.78, 5) is 22.0. The van der Waals surface area contributed by atoms with Crippen molar-refractivity contribution in [3.05, 3.63) is 57.6 Å². The number of phenolic OH excluding ortho intramolecular Hbond substituents is 1. The van der Waals surface area contributed by atoms with Gasteiger partial charge in [0.25, 0.3) is 5.91 Å². The van der Waals surface area contributed by atoms with Crippen LogP contribution in [0.3, 0.4) is 0 Å². The van der Waals surface area contributed by atoms with Crippen LogP contribution in [0.15, 0.2) is 41.5 Å². The molecule has 2 aromatic carbocycles. The molecule has 0 unspecified atom stereocenters. The van der Waals surface area contributed by atoms with E-state index in [0.717, 1.165) is 6.07 Å². The molecule has 0 aromatic heterocycles. The van der Waals surface area contributed by atoms with Gasteiger partial charge >= 0.3 is 5.69 Å². The van der Waals surface area contributed by atoms with Crippen LogP contribution in [-0.2, 0) is 0 Å². The maximum Gasteiger partial charge on any atom is 0.315 e. The van der Waals surface area contributed by atoms with E-state index in [0.29, 0.717) is 11.3 Å². The molecule has 0 heterocycles. The lowest BCUT2D eigenvalue weighted by Gasteiger charge is -2.05. The third-order valence-corrected chi connectivity index (χ3v) is 3.02. The number of aromatic hydroxyl groups is 1. The Labute approximate surface area is 136 Å². The monoisotopic (exact) mass is 330 g/mol. The number of rotatable bonds is 5. The zero-order valence-electron chi connectivity index (χ0n) is 12.6. The summed E-state index contributed by atoms with van der Waals surface area (Å²) in [5, 5.41) is 24.3. The lowest BCUT2D eigenvalue weighted by molar-refractivity contribution is -0.386. The number of nitrogens with two attached hydrogens (primary N) is 1. The molecule has 24 heavy (non-hydrogen) atoms. The molecular formula is C15H14N4O5. The van der Waals surface area contributed by atoms with E-state index in [1.165, 1.54) is 25.5 Å². The molecule has 1 amide bonds. The third kappa shape index (κ3) is 3.77. The molecule has 0 fully saturated rings. The Morgan fingerprint density at radius 2 is 2.17 bits per heavy atom. The van der Waals surface area contributed by atoms with Gasteiger partial charge in [0.1, 0.15) is 0 Å². The SMILES string of the molecule is COc1cc(/C=N\NC(=O)c2cccc(N)c2)cc([N+](=O)[O-])c1O. The Hall–Kier alpha value is -3.62. The molecule has 0 aliphatic rings. The van der Waals surface area contributed by atoms with E-state index in [4.69, 9.17) is 10.5 Å². The van der Waals surface area contributed by atoms with Crippen LogP contribution < -0.4 is 15.9 Å². The van der Waals surface area contributed by atoms with Crippen LogP contribution in [0, 0.1) is 10.1 Å². The van der Waals surface area contributed by atoms with Crippen molar-refractivity contribution in [1.29, 1.82) is 0 Å². The number of nitrogens with one attached hydrogen (secondary N) is 1. The summed E-state index contributed by atoms with van der Waals surface area (Å²) in [5.41, 5.74) is 8.36. The quantitative estimate of drug-likeness (QED) is 0.329. The minimum Gasteiger partial charge on any atom is -0.500 e. The van der Waals surface area contributed by atoms with Gasteiger partial charge in [-0.05, 0) is 24.3 Å². The van der Waals surface area contributed by atoms with Crippen LogP contribution >= 0.6 is 0 Å². The van der Waals surface area contributed by atoms with Gasteiger partial charge in [0.05, 0.1) is 18.2 Å². The van der Waals surface area contributed by atoms with E-state index >= 15 is 0 Å². The number of nitrogens with zero attached hydrogens (tertiary/aromatic N) is 2. The van der Waals surface area contributed by atoms with Gasteiger partial charge in [0.2, 0.25) is 5.75 Å². The first kappa shape index (κ1) is 16.7. The fourth-order valence-corrected chi connectivity index (χ4v) is 1.89. The summed E-state index contributed by atoms with van der Waals surface area (Å²) in [6, 6.07) is 8.77. The fraction of sp³-hybridized carbons (Fsp3) is 0.0667. The van der Waals surface area contributed by atoms with E-state index in [1.807, 2.05) is 0 Å². The third-order valence-electron chi connectivity index (χ3n) is 3.02. The van der Waals surface area contributed by atoms with E-state index in [-0.39, 0.29) is 11.3 Å². The lowest BCUT2D eigenvalue weighted by Crippen LogP contribution is -2.17. The number of hydrogen-bond donors (Lipinski definition) is 3. The number of hydrazone groups is 1. The van der Waals surface area contributed by atoms with Gasteiger partial charge < -0.3 is 15.6 Å². The number of nitrogen functional groups attached to an aromatic ring is 1. The predicted molar refractivity (Wildman–Crippen MR) is 87.2 cm³/mol. The molecule has 0 saturated heterocycles. The van der Waals surface area contributed by atoms with Gasteiger partial charge in [0, 0.05) is 22.9 Å². The van der Waals surface area contributed by atoms with Crippen molar-refractivity contribution in [3.63, 3.8) is 0 Å². The number of methoxy groups -OCH3 is 1. The lowest BCUT2D eigenvalue weighted by atomic mass is 10.2. The number of benzene rings is 2. The van der Waals surface area contributed by atoms with Gasteiger partial charge in [-0.2, -0.15) is 5.10 Å². The Morgan fingerprint density at radius 3 is 2.79 bits per heavy atom. The predicted octanol–water partition coefficient (Wildman–Crippen LogP) is 1.66. The number of carbonyl (C=O) groups is 1. The largest absolute Gasteiger partial charge is 0.500 e. The summed E-state index contributed by atoms with van der Waals surface area (Å²) in [5.74, 6) is -1.14. The minimum atomic E-state index is -0.749. The normalized spacial score (nSPS) is 10.5. The zero-order chi connectivity index (χ0) is 17.7. The Balaban J connectivity index is 2.18. The van der Waals surface area contributed by atoms with E-state index in [9.17, 15) is 20.0 Å². The molecule has 9 heteroatoms.